The summed E-state index contributed by atoms with van der Waals surface area (Å²) in [6.45, 7) is 3.82. The topological polar surface area (TPSA) is 72.9 Å². The summed E-state index contributed by atoms with van der Waals surface area (Å²) in [6, 6.07) is 8.18. The Labute approximate surface area is 122 Å². The third-order valence-corrected chi connectivity index (χ3v) is 3.06. The van der Waals surface area contributed by atoms with E-state index in [0.717, 1.165) is 10.5 Å². The Kier molecular flexibility index (Phi) is 4.57. The van der Waals surface area contributed by atoms with Crippen molar-refractivity contribution in [1.82, 2.24) is 4.90 Å². The van der Waals surface area contributed by atoms with E-state index < -0.39 is 24.2 Å². The van der Waals surface area contributed by atoms with E-state index in [2.05, 4.69) is 4.74 Å². The fraction of sp³-hybridized carbons (Fsp3) is 0.400. The number of hydrogen-bond acceptors (Lipinski definition) is 5. The van der Waals surface area contributed by atoms with Crippen molar-refractivity contribution in [3.8, 4) is 0 Å². The van der Waals surface area contributed by atoms with E-state index in [1.54, 1.807) is 12.1 Å². The van der Waals surface area contributed by atoms with E-state index in [1.807, 2.05) is 32.0 Å². The van der Waals surface area contributed by atoms with Crippen LogP contribution in [-0.4, -0.2) is 29.1 Å². The zero-order valence-electron chi connectivity index (χ0n) is 11.9. The fourth-order valence-corrected chi connectivity index (χ4v) is 2.07. The predicted molar refractivity (Wildman–Crippen MR) is 73.2 cm³/mol. The van der Waals surface area contributed by atoms with Crippen LogP contribution >= 0.6 is 0 Å². The number of hydrogen-bond donors (Lipinski definition) is 0. The number of benzene rings is 1. The maximum Gasteiger partial charge on any atom is 0.427 e. The van der Waals surface area contributed by atoms with Crippen LogP contribution in [0.25, 0.3) is 0 Å². The highest BCUT2D eigenvalue weighted by Gasteiger charge is 2.46. The van der Waals surface area contributed by atoms with Crippen molar-refractivity contribution in [1.29, 1.82) is 0 Å². The normalized spacial score (nSPS) is 18.0. The van der Waals surface area contributed by atoms with Gasteiger partial charge in [0.25, 0.3) is 0 Å². The molecule has 0 aliphatic carbocycles. The quantitative estimate of drug-likeness (QED) is 0.630. The van der Waals surface area contributed by atoms with Crippen molar-refractivity contribution >= 4 is 18.2 Å². The van der Waals surface area contributed by atoms with Crippen molar-refractivity contribution in [3.05, 3.63) is 35.9 Å². The van der Waals surface area contributed by atoms with Gasteiger partial charge in [0.2, 0.25) is 0 Å². The summed E-state index contributed by atoms with van der Waals surface area (Å²) in [5.41, 5.74) is 0.796. The van der Waals surface area contributed by atoms with Gasteiger partial charge in [-0.2, -0.15) is 4.90 Å². The molecule has 0 spiro atoms. The van der Waals surface area contributed by atoms with Crippen LogP contribution in [0.15, 0.2) is 30.3 Å². The summed E-state index contributed by atoms with van der Waals surface area (Å²) in [5.74, 6) is -0.566. The number of amides is 2. The van der Waals surface area contributed by atoms with Gasteiger partial charge >= 0.3 is 18.2 Å². The summed E-state index contributed by atoms with van der Waals surface area (Å²) in [7, 11) is 0. The fourth-order valence-electron chi connectivity index (χ4n) is 2.07. The molecule has 1 aliphatic rings. The second-order valence-corrected chi connectivity index (χ2v) is 5.24. The third kappa shape index (κ3) is 3.59. The van der Waals surface area contributed by atoms with Gasteiger partial charge in [-0.25, -0.2) is 14.4 Å². The lowest BCUT2D eigenvalue weighted by atomic mass is 10.0. The SMILES string of the molecule is CC(C)C[C@@H]1C(=O)OC(=O)N1C(=O)OCc1ccccc1. The van der Waals surface area contributed by atoms with Crippen molar-refractivity contribution < 1.29 is 23.9 Å². The van der Waals surface area contributed by atoms with Crippen molar-refractivity contribution in [2.75, 3.05) is 0 Å². The maximum atomic E-state index is 12.0. The number of rotatable bonds is 4. The number of carbonyl (C=O) groups excluding carboxylic acids is 3. The third-order valence-electron chi connectivity index (χ3n) is 3.06. The highest BCUT2D eigenvalue weighted by Crippen LogP contribution is 2.22. The highest BCUT2D eigenvalue weighted by atomic mass is 16.6. The Bertz CT molecular complexity index is 540. The summed E-state index contributed by atoms with van der Waals surface area (Å²) in [5, 5.41) is 0. The zero-order valence-corrected chi connectivity index (χ0v) is 11.9. The first-order chi connectivity index (χ1) is 9.99. The molecule has 1 fully saturated rings. The summed E-state index contributed by atoms with van der Waals surface area (Å²) in [4.78, 5) is 36.0. The Balaban J connectivity index is 2.02. The molecule has 6 heteroatoms. The standard InChI is InChI=1S/C15H17NO5/c1-10(2)8-12-13(17)21-15(19)16(12)14(18)20-9-11-6-4-3-5-7-11/h3-7,10,12H,8-9H2,1-2H3/t12-/m1/s1. The van der Waals surface area contributed by atoms with Gasteiger partial charge in [-0.05, 0) is 17.9 Å². The van der Waals surface area contributed by atoms with Crippen LogP contribution in [0, 0.1) is 5.92 Å². The molecule has 2 rings (SSSR count). The van der Waals surface area contributed by atoms with Crippen LogP contribution in [0.3, 0.4) is 0 Å². The summed E-state index contributed by atoms with van der Waals surface area (Å²) >= 11 is 0. The van der Waals surface area contributed by atoms with Crippen LogP contribution in [-0.2, 0) is 20.9 Å². The number of ether oxygens (including phenoxy) is 2. The Hall–Kier alpha value is -2.37. The van der Waals surface area contributed by atoms with Crippen LogP contribution in [0.4, 0.5) is 9.59 Å². The molecule has 1 heterocycles. The lowest BCUT2D eigenvalue weighted by Crippen LogP contribution is -2.41. The predicted octanol–water partition coefficient (Wildman–Crippen LogP) is 2.72. The van der Waals surface area contributed by atoms with Gasteiger partial charge in [0.15, 0.2) is 0 Å². The number of cyclic esters (lactones) is 2. The first-order valence-corrected chi connectivity index (χ1v) is 6.74. The smallest absolute Gasteiger partial charge is 0.427 e. The van der Waals surface area contributed by atoms with Crippen molar-refractivity contribution in [2.45, 2.75) is 32.9 Å². The molecule has 1 saturated heterocycles. The molecule has 2 amide bonds. The average Bonchev–Trinajstić information content (AvgIpc) is 2.71. The molecule has 0 radical (unpaired) electrons. The molecular formula is C15H17NO5. The number of imide groups is 1. The van der Waals surface area contributed by atoms with Crippen LogP contribution in [0.1, 0.15) is 25.8 Å². The minimum Gasteiger partial charge on any atom is -0.444 e. The maximum absolute atomic E-state index is 12.0. The first-order valence-electron chi connectivity index (χ1n) is 6.74. The Morgan fingerprint density at radius 3 is 2.57 bits per heavy atom. The van der Waals surface area contributed by atoms with E-state index in [0.29, 0.717) is 6.42 Å². The molecule has 1 aromatic rings. The minimum atomic E-state index is -0.969. The highest BCUT2D eigenvalue weighted by molar-refractivity contribution is 6.03. The minimum absolute atomic E-state index is 0.0338. The molecule has 1 aliphatic heterocycles. The largest absolute Gasteiger partial charge is 0.444 e. The average molecular weight is 291 g/mol. The number of nitrogens with zero attached hydrogens (tertiary/aromatic N) is 1. The van der Waals surface area contributed by atoms with Gasteiger partial charge in [-0.3, -0.25) is 0 Å². The Morgan fingerprint density at radius 1 is 1.29 bits per heavy atom. The van der Waals surface area contributed by atoms with Gasteiger partial charge < -0.3 is 9.47 Å². The zero-order chi connectivity index (χ0) is 15.4. The molecule has 0 N–H and O–H groups in total. The molecular weight excluding hydrogens is 274 g/mol. The molecule has 0 bridgehead atoms. The van der Waals surface area contributed by atoms with E-state index in [1.165, 1.54) is 0 Å². The molecule has 1 atom stereocenters. The molecule has 112 valence electrons. The lowest BCUT2D eigenvalue weighted by Gasteiger charge is -2.19. The lowest BCUT2D eigenvalue weighted by molar-refractivity contribution is -0.136. The first kappa shape index (κ1) is 15.0. The van der Waals surface area contributed by atoms with Crippen LogP contribution in [0.5, 0.6) is 0 Å². The van der Waals surface area contributed by atoms with Crippen LogP contribution < -0.4 is 0 Å². The summed E-state index contributed by atoms with van der Waals surface area (Å²) in [6.07, 6.45) is -1.48. The molecule has 1 aromatic carbocycles. The molecule has 6 nitrogen and oxygen atoms in total. The number of carbonyl (C=O) groups is 3. The molecule has 0 saturated carbocycles. The molecule has 0 unspecified atom stereocenters. The molecule has 21 heavy (non-hydrogen) atoms. The van der Waals surface area contributed by atoms with E-state index in [4.69, 9.17) is 4.74 Å². The van der Waals surface area contributed by atoms with Gasteiger partial charge in [0, 0.05) is 0 Å². The number of esters is 1. The van der Waals surface area contributed by atoms with Crippen molar-refractivity contribution in [3.63, 3.8) is 0 Å². The van der Waals surface area contributed by atoms with Gasteiger partial charge in [0.05, 0.1) is 0 Å². The van der Waals surface area contributed by atoms with Crippen LogP contribution in [0.2, 0.25) is 0 Å². The summed E-state index contributed by atoms with van der Waals surface area (Å²) < 4.78 is 9.58. The second kappa shape index (κ2) is 6.39. The van der Waals surface area contributed by atoms with Gasteiger partial charge in [-0.15, -0.1) is 0 Å². The molecule has 0 aromatic heterocycles. The van der Waals surface area contributed by atoms with Gasteiger partial charge in [0.1, 0.15) is 12.6 Å². The monoisotopic (exact) mass is 291 g/mol. The second-order valence-electron chi connectivity index (χ2n) is 5.24. The van der Waals surface area contributed by atoms with Crippen molar-refractivity contribution in [2.24, 2.45) is 5.92 Å². The van der Waals surface area contributed by atoms with E-state index in [9.17, 15) is 14.4 Å². The van der Waals surface area contributed by atoms with E-state index in [-0.39, 0.29) is 12.5 Å². The Morgan fingerprint density at radius 2 is 1.95 bits per heavy atom. The van der Waals surface area contributed by atoms with E-state index >= 15 is 0 Å². The van der Waals surface area contributed by atoms with Gasteiger partial charge in [-0.1, -0.05) is 44.2 Å².